The summed E-state index contributed by atoms with van der Waals surface area (Å²) < 4.78 is 0. The second kappa shape index (κ2) is 6.44. The number of fused-ring (bicyclic) bond motifs is 1. The Bertz CT molecular complexity index is 431. The van der Waals surface area contributed by atoms with Crippen molar-refractivity contribution in [2.24, 2.45) is 17.8 Å². The van der Waals surface area contributed by atoms with Crippen LogP contribution < -0.4 is 0 Å². The molecule has 0 amide bonds. The number of rotatable bonds is 3. The Kier molecular flexibility index (Phi) is 4.82. The number of hydrogen-bond acceptors (Lipinski definition) is 1. The molecule has 1 aliphatic heterocycles. The summed E-state index contributed by atoms with van der Waals surface area (Å²) in [4.78, 5) is 2.28. The number of thioether (sulfide) groups is 1. The third kappa shape index (κ3) is 3.27. The van der Waals surface area contributed by atoms with E-state index in [1.54, 1.807) is 5.56 Å². The van der Waals surface area contributed by atoms with Gasteiger partial charge in [-0.3, -0.25) is 0 Å². The van der Waals surface area contributed by atoms with E-state index in [1.807, 2.05) is 0 Å². The van der Waals surface area contributed by atoms with E-state index in [4.69, 9.17) is 0 Å². The Hall–Kier alpha value is 0.0500. The summed E-state index contributed by atoms with van der Waals surface area (Å²) >= 11 is 6.09. The first-order chi connectivity index (χ1) is 9.63. The van der Waals surface area contributed by atoms with Crippen LogP contribution in [0.4, 0.5) is 0 Å². The molecule has 1 fully saturated rings. The Morgan fingerprint density at radius 1 is 1.25 bits per heavy atom. The van der Waals surface area contributed by atoms with Crippen LogP contribution in [0, 0.1) is 17.8 Å². The van der Waals surface area contributed by atoms with Gasteiger partial charge in [0.05, 0.1) is 0 Å². The molecule has 0 spiro atoms. The monoisotopic (exact) mass is 352 g/mol. The van der Waals surface area contributed by atoms with Crippen LogP contribution in [0.25, 0.3) is 0 Å². The summed E-state index contributed by atoms with van der Waals surface area (Å²) in [7, 11) is 0. The van der Waals surface area contributed by atoms with E-state index >= 15 is 0 Å². The van der Waals surface area contributed by atoms with Crippen LogP contribution in [0.1, 0.15) is 45.1 Å². The van der Waals surface area contributed by atoms with Gasteiger partial charge in [0.1, 0.15) is 0 Å². The van der Waals surface area contributed by atoms with Gasteiger partial charge < -0.3 is 0 Å². The van der Waals surface area contributed by atoms with Gasteiger partial charge in [0.15, 0.2) is 0 Å². The van der Waals surface area contributed by atoms with Crippen LogP contribution in [0.15, 0.2) is 29.2 Å². The van der Waals surface area contributed by atoms with Crippen molar-refractivity contribution in [1.29, 1.82) is 0 Å². The third-order valence-corrected chi connectivity index (χ3v) is 7.70. The lowest BCUT2D eigenvalue weighted by molar-refractivity contribution is 0.215. The molecule has 20 heavy (non-hydrogen) atoms. The van der Waals surface area contributed by atoms with Gasteiger partial charge in [-0.15, -0.1) is 11.8 Å². The zero-order valence-corrected chi connectivity index (χ0v) is 14.9. The highest BCUT2D eigenvalue weighted by molar-refractivity contribution is 9.09. The average molecular weight is 353 g/mol. The summed E-state index contributed by atoms with van der Waals surface area (Å²) in [6, 6.07) is 8.97. The molecule has 4 atom stereocenters. The number of halogens is 1. The Balaban J connectivity index is 1.60. The zero-order valence-electron chi connectivity index (χ0n) is 12.5. The lowest BCUT2D eigenvalue weighted by Crippen LogP contribution is -2.29. The summed E-state index contributed by atoms with van der Waals surface area (Å²) in [6.07, 6.45) is 6.89. The highest BCUT2D eigenvalue weighted by atomic mass is 79.9. The van der Waals surface area contributed by atoms with E-state index < -0.39 is 0 Å². The molecule has 1 heterocycles. The maximum absolute atomic E-state index is 3.96. The van der Waals surface area contributed by atoms with Crippen LogP contribution in [-0.2, 0) is 6.42 Å². The molecule has 0 N–H and O–H groups in total. The van der Waals surface area contributed by atoms with E-state index in [0.717, 1.165) is 27.8 Å². The Morgan fingerprint density at radius 3 is 2.80 bits per heavy atom. The van der Waals surface area contributed by atoms with Crippen LogP contribution >= 0.6 is 27.7 Å². The predicted octanol–water partition coefficient (Wildman–Crippen LogP) is 5.93. The fraction of sp³-hybridized carbons (Fsp3) is 0.667. The van der Waals surface area contributed by atoms with Crippen molar-refractivity contribution < 1.29 is 0 Å². The zero-order chi connectivity index (χ0) is 14.1. The summed E-state index contributed by atoms with van der Waals surface area (Å²) in [5, 5.41) is 0.809. The molecule has 0 aromatic heterocycles. The highest BCUT2D eigenvalue weighted by Gasteiger charge is 2.33. The van der Waals surface area contributed by atoms with Gasteiger partial charge in [-0.2, -0.15) is 0 Å². The first-order valence-corrected chi connectivity index (χ1v) is 9.81. The van der Waals surface area contributed by atoms with E-state index in [0.29, 0.717) is 0 Å². The minimum Gasteiger partial charge on any atom is -0.122 e. The first kappa shape index (κ1) is 15.0. The molecule has 0 nitrogen and oxygen atoms in total. The van der Waals surface area contributed by atoms with Crippen molar-refractivity contribution in [3.05, 3.63) is 29.8 Å². The maximum atomic E-state index is 3.96. The molecule has 1 aromatic carbocycles. The van der Waals surface area contributed by atoms with Crippen LogP contribution in [-0.4, -0.2) is 10.1 Å². The molecule has 1 aliphatic carbocycles. The first-order valence-electron chi connectivity index (χ1n) is 8.02. The van der Waals surface area contributed by atoms with E-state index in [1.165, 1.54) is 37.0 Å². The number of alkyl halides is 1. The van der Waals surface area contributed by atoms with Gasteiger partial charge in [-0.25, -0.2) is 0 Å². The quantitative estimate of drug-likeness (QED) is 0.607. The number of hydrogen-bond donors (Lipinski definition) is 0. The SMILES string of the molecule is CC(C)C1CCC(Br)C(CC2Cc3ccccc3S2)C1. The summed E-state index contributed by atoms with van der Waals surface area (Å²) in [6.45, 7) is 4.80. The standard InChI is InChI=1S/C18H25BrS/c1-12(2)13-7-8-17(19)15(9-13)11-16-10-14-5-3-4-6-18(14)20-16/h3-6,12-13,15-17H,7-11H2,1-2H3. The van der Waals surface area contributed by atoms with E-state index in [9.17, 15) is 0 Å². The fourth-order valence-electron chi connectivity index (χ4n) is 3.84. The second-order valence-corrected chi connectivity index (χ2v) is 9.40. The topological polar surface area (TPSA) is 0 Å². The average Bonchev–Trinajstić information content (AvgIpc) is 2.83. The Morgan fingerprint density at radius 2 is 2.05 bits per heavy atom. The van der Waals surface area contributed by atoms with Gasteiger partial charge in [-0.1, -0.05) is 48.0 Å². The van der Waals surface area contributed by atoms with Crippen LogP contribution in [0.5, 0.6) is 0 Å². The minimum absolute atomic E-state index is 0.752. The summed E-state index contributed by atoms with van der Waals surface area (Å²) in [5.41, 5.74) is 1.57. The molecular formula is C18H25BrS. The minimum atomic E-state index is 0.752. The van der Waals surface area contributed by atoms with Crippen molar-refractivity contribution in [1.82, 2.24) is 0 Å². The van der Waals surface area contributed by atoms with Crippen molar-refractivity contribution in [3.8, 4) is 0 Å². The van der Waals surface area contributed by atoms with Gasteiger partial charge in [0.25, 0.3) is 0 Å². The molecule has 4 unspecified atom stereocenters. The van der Waals surface area contributed by atoms with Crippen LogP contribution in [0.2, 0.25) is 0 Å². The summed E-state index contributed by atoms with van der Waals surface area (Å²) in [5.74, 6) is 2.68. The van der Waals surface area contributed by atoms with Gasteiger partial charge in [0, 0.05) is 15.0 Å². The Labute approximate surface area is 136 Å². The molecular weight excluding hydrogens is 328 g/mol. The molecule has 110 valence electrons. The largest absolute Gasteiger partial charge is 0.122 e. The molecule has 2 heteroatoms. The number of benzene rings is 1. The maximum Gasteiger partial charge on any atom is 0.0174 e. The van der Waals surface area contributed by atoms with E-state index in [2.05, 4.69) is 65.8 Å². The molecule has 0 radical (unpaired) electrons. The van der Waals surface area contributed by atoms with Crippen molar-refractivity contribution in [2.45, 2.75) is 60.9 Å². The molecule has 3 rings (SSSR count). The van der Waals surface area contributed by atoms with Gasteiger partial charge in [0.2, 0.25) is 0 Å². The lowest BCUT2D eigenvalue weighted by atomic mass is 9.74. The van der Waals surface area contributed by atoms with Gasteiger partial charge >= 0.3 is 0 Å². The van der Waals surface area contributed by atoms with E-state index in [-0.39, 0.29) is 0 Å². The van der Waals surface area contributed by atoms with Gasteiger partial charge in [-0.05, 0) is 61.5 Å². The highest BCUT2D eigenvalue weighted by Crippen LogP contribution is 2.45. The normalized spacial score (nSPS) is 33.4. The molecule has 0 saturated heterocycles. The molecule has 2 aliphatic rings. The lowest BCUT2D eigenvalue weighted by Gasteiger charge is -2.36. The van der Waals surface area contributed by atoms with Crippen LogP contribution in [0.3, 0.4) is 0 Å². The van der Waals surface area contributed by atoms with Crippen molar-refractivity contribution >= 4 is 27.7 Å². The molecule has 0 bridgehead atoms. The predicted molar refractivity (Wildman–Crippen MR) is 92.8 cm³/mol. The van der Waals surface area contributed by atoms with Crippen molar-refractivity contribution in [3.63, 3.8) is 0 Å². The molecule has 1 saturated carbocycles. The third-order valence-electron chi connectivity index (χ3n) is 5.15. The molecule has 1 aromatic rings. The second-order valence-electron chi connectivity index (χ2n) is 6.88. The van der Waals surface area contributed by atoms with Crippen molar-refractivity contribution in [2.75, 3.05) is 0 Å². The smallest absolute Gasteiger partial charge is 0.0174 e. The fourth-order valence-corrected chi connectivity index (χ4v) is 5.96.